The van der Waals surface area contributed by atoms with E-state index in [1.54, 1.807) is 25.3 Å². The Bertz CT molecular complexity index is 800. The first-order chi connectivity index (χ1) is 11.1. The first-order valence-corrected chi connectivity index (χ1v) is 7.56. The van der Waals surface area contributed by atoms with Gasteiger partial charge in [0.15, 0.2) is 0 Å². The van der Waals surface area contributed by atoms with Crippen LogP contribution in [0.4, 0.5) is 5.69 Å². The minimum Gasteiger partial charge on any atom is -0.497 e. The SMILES string of the molecule is COc1cccc(-c2nnc(CNc3cc(Cl)cc(Cl)c3)o2)c1. The van der Waals surface area contributed by atoms with Gasteiger partial charge in [0, 0.05) is 21.3 Å². The van der Waals surface area contributed by atoms with Gasteiger partial charge in [-0.1, -0.05) is 29.3 Å². The van der Waals surface area contributed by atoms with Gasteiger partial charge in [-0.25, -0.2) is 0 Å². The molecule has 0 bridgehead atoms. The molecule has 0 spiro atoms. The summed E-state index contributed by atoms with van der Waals surface area (Å²) in [6.07, 6.45) is 0. The molecule has 3 aromatic rings. The van der Waals surface area contributed by atoms with Crippen LogP contribution < -0.4 is 10.1 Å². The molecule has 0 atom stereocenters. The highest BCUT2D eigenvalue weighted by molar-refractivity contribution is 6.35. The van der Waals surface area contributed by atoms with Gasteiger partial charge >= 0.3 is 0 Å². The monoisotopic (exact) mass is 349 g/mol. The number of anilines is 1. The summed E-state index contributed by atoms with van der Waals surface area (Å²) >= 11 is 11.9. The van der Waals surface area contributed by atoms with Gasteiger partial charge in [0.25, 0.3) is 0 Å². The average Bonchev–Trinajstić information content (AvgIpc) is 3.01. The number of aromatic nitrogens is 2. The van der Waals surface area contributed by atoms with Crippen molar-refractivity contribution >= 4 is 28.9 Å². The van der Waals surface area contributed by atoms with Crippen LogP contribution in [-0.2, 0) is 6.54 Å². The lowest BCUT2D eigenvalue weighted by Gasteiger charge is -2.04. The van der Waals surface area contributed by atoms with Crippen LogP contribution >= 0.6 is 23.2 Å². The summed E-state index contributed by atoms with van der Waals surface area (Å²) in [6.45, 7) is 0.369. The molecule has 0 unspecified atom stereocenters. The lowest BCUT2D eigenvalue weighted by molar-refractivity contribution is 0.414. The third-order valence-corrected chi connectivity index (χ3v) is 3.53. The minimum absolute atomic E-state index is 0.369. The Morgan fingerprint density at radius 3 is 2.61 bits per heavy atom. The molecular weight excluding hydrogens is 337 g/mol. The number of benzene rings is 2. The number of ether oxygens (including phenoxy) is 1. The van der Waals surface area contributed by atoms with Crippen LogP contribution in [0, 0.1) is 0 Å². The molecule has 0 amide bonds. The summed E-state index contributed by atoms with van der Waals surface area (Å²) in [4.78, 5) is 0. The van der Waals surface area contributed by atoms with Gasteiger partial charge in [0.2, 0.25) is 11.8 Å². The number of hydrogen-bond acceptors (Lipinski definition) is 5. The van der Waals surface area contributed by atoms with E-state index in [4.69, 9.17) is 32.4 Å². The highest BCUT2D eigenvalue weighted by Gasteiger charge is 2.09. The second-order valence-electron chi connectivity index (χ2n) is 4.74. The van der Waals surface area contributed by atoms with Crippen molar-refractivity contribution in [3.63, 3.8) is 0 Å². The third kappa shape index (κ3) is 3.94. The molecule has 0 saturated carbocycles. The molecular formula is C16H13Cl2N3O2. The van der Waals surface area contributed by atoms with Crippen molar-refractivity contribution in [2.75, 3.05) is 12.4 Å². The maximum atomic E-state index is 5.96. The topological polar surface area (TPSA) is 60.2 Å². The quantitative estimate of drug-likeness (QED) is 0.725. The highest BCUT2D eigenvalue weighted by Crippen LogP contribution is 2.24. The van der Waals surface area contributed by atoms with Gasteiger partial charge in [0.1, 0.15) is 5.75 Å². The Hall–Kier alpha value is -2.24. The van der Waals surface area contributed by atoms with E-state index in [2.05, 4.69) is 15.5 Å². The van der Waals surface area contributed by atoms with Gasteiger partial charge in [-0.05, 0) is 36.4 Å². The zero-order valence-corrected chi connectivity index (χ0v) is 13.7. The number of nitrogens with one attached hydrogen (secondary N) is 1. The van der Waals surface area contributed by atoms with Gasteiger partial charge in [-0.2, -0.15) is 0 Å². The first-order valence-electron chi connectivity index (χ1n) is 6.81. The Labute approximate surface area is 143 Å². The first kappa shape index (κ1) is 15.6. The van der Waals surface area contributed by atoms with Crippen LogP contribution in [0.1, 0.15) is 5.89 Å². The van der Waals surface area contributed by atoms with Crippen molar-refractivity contribution < 1.29 is 9.15 Å². The average molecular weight is 350 g/mol. The molecule has 0 aliphatic rings. The summed E-state index contributed by atoms with van der Waals surface area (Å²) in [5, 5.41) is 12.3. The molecule has 0 aliphatic heterocycles. The van der Waals surface area contributed by atoms with Gasteiger partial charge in [0.05, 0.1) is 13.7 Å². The number of nitrogens with zero attached hydrogens (tertiary/aromatic N) is 2. The highest BCUT2D eigenvalue weighted by atomic mass is 35.5. The van der Waals surface area contributed by atoms with E-state index in [0.29, 0.717) is 28.4 Å². The largest absolute Gasteiger partial charge is 0.497 e. The summed E-state index contributed by atoms with van der Waals surface area (Å²) in [5.41, 5.74) is 1.58. The molecule has 1 N–H and O–H groups in total. The van der Waals surface area contributed by atoms with Gasteiger partial charge in [-0.15, -0.1) is 10.2 Å². The van der Waals surface area contributed by atoms with E-state index in [1.165, 1.54) is 0 Å². The molecule has 3 rings (SSSR count). The second kappa shape index (κ2) is 6.89. The molecule has 5 nitrogen and oxygen atoms in total. The Kier molecular flexibility index (Phi) is 4.69. The molecule has 0 radical (unpaired) electrons. The molecule has 23 heavy (non-hydrogen) atoms. The zero-order valence-electron chi connectivity index (χ0n) is 12.2. The lowest BCUT2D eigenvalue weighted by Crippen LogP contribution is -1.99. The van der Waals surface area contributed by atoms with Crippen LogP contribution in [0.5, 0.6) is 5.75 Å². The smallest absolute Gasteiger partial charge is 0.247 e. The fraction of sp³-hybridized carbons (Fsp3) is 0.125. The van der Waals surface area contributed by atoms with E-state index >= 15 is 0 Å². The maximum absolute atomic E-state index is 5.96. The minimum atomic E-state index is 0.369. The van der Waals surface area contributed by atoms with Crippen molar-refractivity contribution in [1.82, 2.24) is 10.2 Å². The number of methoxy groups -OCH3 is 1. The van der Waals surface area contributed by atoms with Crippen LogP contribution in [0.2, 0.25) is 10.0 Å². The van der Waals surface area contributed by atoms with E-state index in [-0.39, 0.29) is 0 Å². The van der Waals surface area contributed by atoms with Crippen LogP contribution in [0.25, 0.3) is 11.5 Å². The summed E-state index contributed by atoms with van der Waals surface area (Å²) in [5.74, 6) is 1.62. The van der Waals surface area contributed by atoms with Crippen molar-refractivity contribution in [2.45, 2.75) is 6.54 Å². The molecule has 0 saturated heterocycles. The van der Waals surface area contributed by atoms with Gasteiger partial charge < -0.3 is 14.5 Å². The fourth-order valence-electron chi connectivity index (χ4n) is 2.03. The fourth-order valence-corrected chi connectivity index (χ4v) is 2.56. The molecule has 1 heterocycles. The standard InChI is InChI=1S/C16H13Cl2N3O2/c1-22-14-4-2-3-10(5-14)16-21-20-15(23-16)9-19-13-7-11(17)6-12(18)8-13/h2-8,19H,9H2,1H3. The predicted molar refractivity (Wildman–Crippen MR) is 90.1 cm³/mol. The molecule has 0 fully saturated rings. The zero-order chi connectivity index (χ0) is 16.2. The summed E-state index contributed by atoms with van der Waals surface area (Å²) < 4.78 is 10.8. The van der Waals surface area contributed by atoms with Crippen molar-refractivity contribution in [3.05, 3.63) is 58.4 Å². The van der Waals surface area contributed by atoms with Gasteiger partial charge in [-0.3, -0.25) is 0 Å². The summed E-state index contributed by atoms with van der Waals surface area (Å²) in [6, 6.07) is 12.6. The number of hydrogen-bond donors (Lipinski definition) is 1. The molecule has 0 aliphatic carbocycles. The van der Waals surface area contributed by atoms with Crippen LogP contribution in [0.15, 0.2) is 46.9 Å². The van der Waals surface area contributed by atoms with Crippen molar-refractivity contribution in [3.8, 4) is 17.2 Å². The van der Waals surface area contributed by atoms with Crippen LogP contribution in [0.3, 0.4) is 0 Å². The Morgan fingerprint density at radius 2 is 1.87 bits per heavy atom. The van der Waals surface area contributed by atoms with E-state index in [1.807, 2.05) is 24.3 Å². The summed E-state index contributed by atoms with van der Waals surface area (Å²) in [7, 11) is 1.61. The number of rotatable bonds is 5. The van der Waals surface area contributed by atoms with E-state index in [9.17, 15) is 0 Å². The maximum Gasteiger partial charge on any atom is 0.247 e. The Balaban J connectivity index is 1.71. The molecule has 7 heteroatoms. The second-order valence-corrected chi connectivity index (χ2v) is 5.62. The lowest BCUT2D eigenvalue weighted by atomic mass is 10.2. The molecule has 118 valence electrons. The normalized spacial score (nSPS) is 10.6. The predicted octanol–water partition coefficient (Wildman–Crippen LogP) is 4.66. The molecule has 1 aromatic heterocycles. The van der Waals surface area contributed by atoms with Crippen LogP contribution in [-0.4, -0.2) is 17.3 Å². The Morgan fingerprint density at radius 1 is 1.09 bits per heavy atom. The van der Waals surface area contributed by atoms with E-state index < -0.39 is 0 Å². The third-order valence-electron chi connectivity index (χ3n) is 3.09. The van der Waals surface area contributed by atoms with E-state index in [0.717, 1.165) is 17.0 Å². The molecule has 2 aromatic carbocycles. The van der Waals surface area contributed by atoms with Crippen molar-refractivity contribution in [1.29, 1.82) is 0 Å². The van der Waals surface area contributed by atoms with Crippen molar-refractivity contribution in [2.24, 2.45) is 0 Å². The number of halogens is 2.